The van der Waals surface area contributed by atoms with Crippen LogP contribution in [-0.2, 0) is 0 Å². The Morgan fingerprint density at radius 2 is 2.25 bits per heavy atom. The number of halogens is 2. The molecule has 0 aliphatic heterocycles. The number of pyridine rings is 1. The van der Waals surface area contributed by atoms with Gasteiger partial charge in [-0.3, -0.25) is 0 Å². The molecule has 82 valence electrons. The van der Waals surface area contributed by atoms with Crippen LogP contribution in [0, 0.1) is 5.82 Å². The van der Waals surface area contributed by atoms with Gasteiger partial charge in [0.2, 0.25) is 0 Å². The average molecular weight is 242 g/mol. The zero-order chi connectivity index (χ0) is 11.7. The third-order valence-electron chi connectivity index (χ3n) is 1.83. The molecule has 2 rings (SSSR count). The zero-order valence-corrected chi connectivity index (χ0v) is 8.52. The van der Waals surface area contributed by atoms with E-state index in [1.54, 1.807) is 0 Å². The van der Waals surface area contributed by atoms with E-state index < -0.39 is 11.8 Å². The molecule has 0 bridgehead atoms. The summed E-state index contributed by atoms with van der Waals surface area (Å²) in [6.45, 7) is 0. The van der Waals surface area contributed by atoms with Gasteiger partial charge in [0.15, 0.2) is 5.82 Å². The summed E-state index contributed by atoms with van der Waals surface area (Å²) in [4.78, 5) is 14.5. The van der Waals surface area contributed by atoms with Gasteiger partial charge in [-0.15, -0.1) is 0 Å². The molecule has 0 aromatic carbocycles. The van der Waals surface area contributed by atoms with Gasteiger partial charge in [-0.05, 0) is 6.07 Å². The van der Waals surface area contributed by atoms with Gasteiger partial charge in [0.1, 0.15) is 11.4 Å². The van der Waals surface area contributed by atoms with Crippen LogP contribution in [0.5, 0.6) is 0 Å². The van der Waals surface area contributed by atoms with Crippen molar-refractivity contribution in [1.82, 2.24) is 14.8 Å². The Hall–Kier alpha value is -1.95. The third-order valence-corrected chi connectivity index (χ3v) is 2.03. The van der Waals surface area contributed by atoms with Crippen molar-refractivity contribution in [3.63, 3.8) is 0 Å². The minimum absolute atomic E-state index is 0.0146. The highest BCUT2D eigenvalue weighted by molar-refractivity contribution is 6.30. The lowest BCUT2D eigenvalue weighted by atomic mass is 10.2. The second kappa shape index (κ2) is 3.90. The molecule has 0 atom stereocenters. The summed E-state index contributed by atoms with van der Waals surface area (Å²) in [7, 11) is 0. The van der Waals surface area contributed by atoms with Crippen LogP contribution in [0.4, 0.5) is 4.39 Å². The summed E-state index contributed by atoms with van der Waals surface area (Å²) >= 11 is 5.64. The van der Waals surface area contributed by atoms with Gasteiger partial charge in [-0.25, -0.2) is 18.9 Å². The van der Waals surface area contributed by atoms with Crippen molar-refractivity contribution in [2.45, 2.75) is 0 Å². The molecule has 0 unspecified atom stereocenters. The first-order valence-corrected chi connectivity index (χ1v) is 4.55. The molecule has 1 N–H and O–H groups in total. The maximum absolute atomic E-state index is 12.8. The molecule has 0 aliphatic carbocycles. The van der Waals surface area contributed by atoms with Gasteiger partial charge in [0, 0.05) is 0 Å². The van der Waals surface area contributed by atoms with E-state index >= 15 is 0 Å². The molecule has 2 aromatic rings. The van der Waals surface area contributed by atoms with Crippen LogP contribution in [0.2, 0.25) is 5.02 Å². The summed E-state index contributed by atoms with van der Waals surface area (Å²) in [5, 5.41) is 13.0. The number of hydrogen-bond acceptors (Lipinski definition) is 3. The number of carboxylic acid groups (broad SMARTS) is 1. The van der Waals surface area contributed by atoms with E-state index in [4.69, 9.17) is 16.7 Å². The fourth-order valence-electron chi connectivity index (χ4n) is 1.19. The zero-order valence-electron chi connectivity index (χ0n) is 7.76. The lowest BCUT2D eigenvalue weighted by Gasteiger charge is -2.04. The van der Waals surface area contributed by atoms with Crippen molar-refractivity contribution in [1.29, 1.82) is 0 Å². The Balaban J connectivity index is 2.60. The summed E-state index contributed by atoms with van der Waals surface area (Å²) < 4.78 is 14.0. The SMILES string of the molecule is O=C(O)c1cc(F)cnc1-n1cc(Cl)cn1. The van der Waals surface area contributed by atoms with Gasteiger partial charge in [-0.1, -0.05) is 11.6 Å². The molecular weight excluding hydrogens is 237 g/mol. The van der Waals surface area contributed by atoms with Crippen molar-refractivity contribution in [2.75, 3.05) is 0 Å². The second-order valence-corrected chi connectivity index (χ2v) is 3.37. The lowest BCUT2D eigenvalue weighted by Crippen LogP contribution is -2.08. The number of carbonyl (C=O) groups is 1. The predicted octanol–water partition coefficient (Wildman–Crippen LogP) is 1.76. The van der Waals surface area contributed by atoms with Gasteiger partial charge in [-0.2, -0.15) is 5.10 Å². The highest BCUT2D eigenvalue weighted by Crippen LogP contribution is 2.15. The second-order valence-electron chi connectivity index (χ2n) is 2.93. The third kappa shape index (κ3) is 1.87. The summed E-state index contributed by atoms with van der Waals surface area (Å²) in [6.07, 6.45) is 3.63. The molecular formula is C9H5ClFN3O2. The van der Waals surface area contributed by atoms with E-state index in [0.29, 0.717) is 5.02 Å². The largest absolute Gasteiger partial charge is 0.478 e. The topological polar surface area (TPSA) is 68.0 Å². The molecule has 0 amide bonds. The lowest BCUT2D eigenvalue weighted by molar-refractivity contribution is 0.0695. The smallest absolute Gasteiger partial charge is 0.339 e. The van der Waals surface area contributed by atoms with Crippen LogP contribution in [0.3, 0.4) is 0 Å². The molecule has 2 aromatic heterocycles. The van der Waals surface area contributed by atoms with E-state index in [1.807, 2.05) is 0 Å². The van der Waals surface area contributed by atoms with Gasteiger partial charge in [0.05, 0.1) is 23.6 Å². The number of aromatic carboxylic acids is 1. The Bertz CT molecular complexity index is 555. The van der Waals surface area contributed by atoms with E-state index in [0.717, 1.165) is 12.3 Å². The Morgan fingerprint density at radius 1 is 1.50 bits per heavy atom. The van der Waals surface area contributed by atoms with Crippen LogP contribution in [0.1, 0.15) is 10.4 Å². The molecule has 0 saturated carbocycles. The Morgan fingerprint density at radius 3 is 2.81 bits per heavy atom. The highest BCUT2D eigenvalue weighted by Gasteiger charge is 2.15. The van der Waals surface area contributed by atoms with Crippen molar-refractivity contribution < 1.29 is 14.3 Å². The van der Waals surface area contributed by atoms with Crippen LogP contribution in [-0.4, -0.2) is 25.8 Å². The van der Waals surface area contributed by atoms with E-state index in [-0.39, 0.29) is 11.4 Å². The van der Waals surface area contributed by atoms with Crippen molar-refractivity contribution in [3.8, 4) is 5.82 Å². The molecule has 16 heavy (non-hydrogen) atoms. The number of carboxylic acids is 1. The average Bonchev–Trinajstić information content (AvgIpc) is 2.64. The maximum Gasteiger partial charge on any atom is 0.339 e. The number of rotatable bonds is 2. The molecule has 0 aliphatic rings. The van der Waals surface area contributed by atoms with Crippen LogP contribution in [0.15, 0.2) is 24.7 Å². The van der Waals surface area contributed by atoms with Crippen LogP contribution in [0.25, 0.3) is 5.82 Å². The molecule has 0 spiro atoms. The fourth-order valence-corrected chi connectivity index (χ4v) is 1.32. The van der Waals surface area contributed by atoms with Crippen molar-refractivity contribution in [3.05, 3.63) is 41.1 Å². The molecule has 7 heteroatoms. The van der Waals surface area contributed by atoms with Gasteiger partial charge >= 0.3 is 5.97 Å². The standard InChI is InChI=1S/C9H5ClFN3O2/c10-5-2-13-14(4-5)8-7(9(15)16)1-6(11)3-12-8/h1-4H,(H,15,16). The quantitative estimate of drug-likeness (QED) is 0.870. The maximum atomic E-state index is 12.8. The first kappa shape index (κ1) is 10.6. The number of aromatic nitrogens is 3. The normalized spacial score (nSPS) is 10.4. The van der Waals surface area contributed by atoms with E-state index in [2.05, 4.69) is 10.1 Å². The minimum atomic E-state index is -1.28. The fraction of sp³-hybridized carbons (Fsp3) is 0. The van der Waals surface area contributed by atoms with E-state index in [1.165, 1.54) is 17.1 Å². The number of hydrogen-bond donors (Lipinski definition) is 1. The first-order chi connectivity index (χ1) is 7.58. The molecule has 2 heterocycles. The van der Waals surface area contributed by atoms with Crippen molar-refractivity contribution in [2.24, 2.45) is 0 Å². The molecule has 0 fully saturated rings. The van der Waals surface area contributed by atoms with E-state index in [9.17, 15) is 9.18 Å². The summed E-state index contributed by atoms with van der Waals surface area (Å²) in [5.74, 6) is -1.99. The summed E-state index contributed by atoms with van der Waals surface area (Å²) in [5.41, 5.74) is -0.278. The monoisotopic (exact) mass is 241 g/mol. The summed E-state index contributed by atoms with van der Waals surface area (Å²) in [6, 6.07) is 0.875. The Labute approximate surface area is 94.1 Å². The van der Waals surface area contributed by atoms with Gasteiger partial charge < -0.3 is 5.11 Å². The van der Waals surface area contributed by atoms with Gasteiger partial charge in [0.25, 0.3) is 0 Å². The van der Waals surface area contributed by atoms with Crippen LogP contribution >= 0.6 is 11.6 Å². The Kier molecular flexibility index (Phi) is 2.57. The number of nitrogens with zero attached hydrogens (tertiary/aromatic N) is 3. The molecule has 0 saturated heterocycles. The molecule has 0 radical (unpaired) electrons. The highest BCUT2D eigenvalue weighted by atomic mass is 35.5. The predicted molar refractivity (Wildman–Crippen MR) is 53.3 cm³/mol. The molecule has 5 nitrogen and oxygen atoms in total. The van der Waals surface area contributed by atoms with Crippen LogP contribution < -0.4 is 0 Å². The van der Waals surface area contributed by atoms with Crippen molar-refractivity contribution >= 4 is 17.6 Å². The minimum Gasteiger partial charge on any atom is -0.478 e. The first-order valence-electron chi connectivity index (χ1n) is 4.17.